The summed E-state index contributed by atoms with van der Waals surface area (Å²) in [7, 11) is 1.80. The lowest BCUT2D eigenvalue weighted by Crippen LogP contribution is -2.35. The molecule has 0 spiro atoms. The molecular weight excluding hydrogens is 336 g/mol. The van der Waals surface area contributed by atoms with Gasteiger partial charge in [0, 0.05) is 7.05 Å². The summed E-state index contributed by atoms with van der Waals surface area (Å²) in [6, 6.07) is 8.97. The highest BCUT2D eigenvalue weighted by Gasteiger charge is 2.40. The van der Waals surface area contributed by atoms with E-state index < -0.39 is 0 Å². The molecule has 1 amide bonds. The van der Waals surface area contributed by atoms with Crippen LogP contribution in [0.1, 0.15) is 26.0 Å². The van der Waals surface area contributed by atoms with E-state index in [4.69, 9.17) is 12.2 Å². The molecule has 0 radical (unpaired) electrons. The number of thiocarbonyl (C=S) groups is 1. The van der Waals surface area contributed by atoms with Crippen molar-refractivity contribution in [3.63, 3.8) is 0 Å². The molecule has 0 aliphatic carbocycles. The largest absolute Gasteiger partial charge is 0.350 e. The molecule has 2 heterocycles. The van der Waals surface area contributed by atoms with Gasteiger partial charge in [-0.1, -0.05) is 32.0 Å². The summed E-state index contributed by atoms with van der Waals surface area (Å²) in [6.45, 7) is 5.93. The molecule has 1 fully saturated rings. The predicted molar refractivity (Wildman–Crippen MR) is 102 cm³/mol. The fourth-order valence-corrected chi connectivity index (χ4v) is 3.51. The van der Waals surface area contributed by atoms with Gasteiger partial charge in [-0.15, -0.1) is 0 Å². The zero-order valence-electron chi connectivity index (χ0n) is 14.8. The van der Waals surface area contributed by atoms with E-state index in [1.807, 2.05) is 37.3 Å². The number of carbonyl (C=O) groups is 1. The molecule has 25 heavy (non-hydrogen) atoms. The Kier molecular flexibility index (Phi) is 4.51. The Balaban J connectivity index is 2.09. The number of benzene rings is 1. The van der Waals surface area contributed by atoms with Crippen LogP contribution in [0.25, 0.3) is 5.69 Å². The fourth-order valence-electron chi connectivity index (χ4n) is 3.19. The summed E-state index contributed by atoms with van der Waals surface area (Å²) < 4.78 is 3.30. The summed E-state index contributed by atoms with van der Waals surface area (Å²) >= 11 is 5.35. The Bertz CT molecular complexity index is 882. The quantitative estimate of drug-likeness (QED) is 0.851. The Morgan fingerprint density at radius 2 is 1.84 bits per heavy atom. The van der Waals surface area contributed by atoms with Gasteiger partial charge < -0.3 is 5.32 Å². The van der Waals surface area contributed by atoms with Crippen molar-refractivity contribution >= 4 is 28.9 Å². The number of aromatic nitrogens is 2. The average Bonchev–Trinajstić information content (AvgIpc) is 2.94. The molecule has 7 heteroatoms. The van der Waals surface area contributed by atoms with Crippen LogP contribution in [0.3, 0.4) is 0 Å². The molecule has 1 saturated heterocycles. The Labute approximate surface area is 152 Å². The number of nitrogens with zero attached hydrogens (tertiary/aromatic N) is 3. The summed E-state index contributed by atoms with van der Waals surface area (Å²) in [5.74, 6) is 0.187. The molecule has 6 nitrogen and oxygen atoms in total. The van der Waals surface area contributed by atoms with Gasteiger partial charge in [-0.05, 0) is 43.6 Å². The van der Waals surface area contributed by atoms with Crippen molar-refractivity contribution in [2.24, 2.45) is 13.0 Å². The zero-order valence-corrected chi connectivity index (χ0v) is 15.6. The summed E-state index contributed by atoms with van der Waals surface area (Å²) in [6.07, 6.45) is 0.675. The first-order valence-electron chi connectivity index (χ1n) is 8.31. The van der Waals surface area contributed by atoms with E-state index >= 15 is 0 Å². The lowest BCUT2D eigenvalue weighted by Gasteiger charge is -2.13. The summed E-state index contributed by atoms with van der Waals surface area (Å²) in [5, 5.41) is 3.35. The van der Waals surface area contributed by atoms with Gasteiger partial charge in [0.1, 0.15) is 11.7 Å². The Morgan fingerprint density at radius 1 is 1.20 bits per heavy atom. The van der Waals surface area contributed by atoms with Gasteiger partial charge in [0.25, 0.3) is 11.5 Å². The number of anilines is 1. The van der Waals surface area contributed by atoms with E-state index in [1.54, 1.807) is 16.4 Å². The topological polar surface area (TPSA) is 59.3 Å². The van der Waals surface area contributed by atoms with E-state index in [9.17, 15) is 9.59 Å². The van der Waals surface area contributed by atoms with Crippen molar-refractivity contribution in [2.45, 2.75) is 33.2 Å². The lowest BCUT2D eigenvalue weighted by molar-refractivity contribution is -0.118. The standard InChI is InChI=1S/C18H22N4O2S/c1-11(2)10-14-16(23)21(18(25)19-14)15-12(3)20(4)22(17(15)24)13-8-6-5-7-9-13/h5-9,11,14H,10H2,1-4H3,(H,19,25)/t14-/m0/s1. The minimum atomic E-state index is -0.378. The normalized spacial score (nSPS) is 17.5. The molecular formula is C18H22N4O2S. The van der Waals surface area contributed by atoms with Crippen molar-refractivity contribution in [1.29, 1.82) is 0 Å². The van der Waals surface area contributed by atoms with Gasteiger partial charge in [0.2, 0.25) is 0 Å². The number of carbonyl (C=O) groups excluding carboxylic acids is 1. The van der Waals surface area contributed by atoms with Crippen molar-refractivity contribution in [2.75, 3.05) is 4.90 Å². The molecule has 1 atom stereocenters. The first-order valence-corrected chi connectivity index (χ1v) is 8.72. The van der Waals surface area contributed by atoms with Gasteiger partial charge in [-0.3, -0.25) is 14.3 Å². The number of hydrogen-bond donors (Lipinski definition) is 1. The molecule has 0 bridgehead atoms. The highest BCUT2D eigenvalue weighted by molar-refractivity contribution is 7.80. The SMILES string of the molecule is Cc1c(N2C(=O)[C@H](CC(C)C)NC2=S)c(=O)n(-c2ccccc2)n1C. The first kappa shape index (κ1) is 17.4. The van der Waals surface area contributed by atoms with Crippen molar-refractivity contribution in [3.05, 3.63) is 46.4 Å². The second kappa shape index (κ2) is 6.48. The lowest BCUT2D eigenvalue weighted by atomic mass is 10.0. The van der Waals surface area contributed by atoms with Crippen LogP contribution in [0.5, 0.6) is 0 Å². The Morgan fingerprint density at radius 3 is 2.44 bits per heavy atom. The zero-order chi connectivity index (χ0) is 18.3. The van der Waals surface area contributed by atoms with E-state index in [1.165, 1.54) is 4.90 Å². The molecule has 3 rings (SSSR count). The van der Waals surface area contributed by atoms with Crippen LogP contribution in [-0.4, -0.2) is 26.4 Å². The van der Waals surface area contributed by atoms with Crippen LogP contribution in [0, 0.1) is 12.8 Å². The molecule has 1 aromatic carbocycles. The van der Waals surface area contributed by atoms with E-state index in [2.05, 4.69) is 19.2 Å². The van der Waals surface area contributed by atoms with Crippen molar-refractivity contribution in [3.8, 4) is 5.69 Å². The van der Waals surface area contributed by atoms with Gasteiger partial charge in [-0.25, -0.2) is 9.58 Å². The monoisotopic (exact) mass is 358 g/mol. The third kappa shape index (κ3) is 2.89. The highest BCUT2D eigenvalue weighted by Crippen LogP contribution is 2.24. The van der Waals surface area contributed by atoms with Gasteiger partial charge in [0.05, 0.1) is 11.4 Å². The van der Waals surface area contributed by atoms with Crippen LogP contribution in [0.15, 0.2) is 35.1 Å². The summed E-state index contributed by atoms with van der Waals surface area (Å²) in [5.41, 5.74) is 1.50. The number of amides is 1. The average molecular weight is 358 g/mol. The van der Waals surface area contributed by atoms with E-state index in [0.717, 1.165) is 5.69 Å². The minimum Gasteiger partial charge on any atom is -0.350 e. The molecule has 132 valence electrons. The molecule has 1 aliphatic rings. The number of para-hydroxylation sites is 1. The van der Waals surface area contributed by atoms with Crippen LogP contribution < -0.4 is 15.8 Å². The smallest absolute Gasteiger partial charge is 0.296 e. The number of hydrogen-bond acceptors (Lipinski definition) is 3. The van der Waals surface area contributed by atoms with Gasteiger partial charge >= 0.3 is 0 Å². The third-order valence-corrected chi connectivity index (χ3v) is 4.77. The molecule has 0 unspecified atom stereocenters. The number of rotatable bonds is 4. The van der Waals surface area contributed by atoms with Crippen molar-refractivity contribution < 1.29 is 4.79 Å². The predicted octanol–water partition coefficient (Wildman–Crippen LogP) is 2.12. The van der Waals surface area contributed by atoms with Crippen LogP contribution in [0.4, 0.5) is 5.69 Å². The molecule has 0 saturated carbocycles. The molecule has 1 N–H and O–H groups in total. The third-order valence-electron chi connectivity index (χ3n) is 4.47. The van der Waals surface area contributed by atoms with Gasteiger partial charge in [0.15, 0.2) is 5.11 Å². The summed E-state index contributed by atoms with van der Waals surface area (Å²) in [4.78, 5) is 27.3. The minimum absolute atomic E-state index is 0.162. The van der Waals surface area contributed by atoms with Crippen LogP contribution in [-0.2, 0) is 11.8 Å². The second-order valence-electron chi connectivity index (χ2n) is 6.72. The maximum Gasteiger partial charge on any atom is 0.296 e. The van der Waals surface area contributed by atoms with Crippen molar-refractivity contribution in [1.82, 2.24) is 14.7 Å². The van der Waals surface area contributed by atoms with Crippen LogP contribution in [0.2, 0.25) is 0 Å². The second-order valence-corrected chi connectivity index (χ2v) is 7.10. The van der Waals surface area contributed by atoms with E-state index in [0.29, 0.717) is 28.8 Å². The van der Waals surface area contributed by atoms with Gasteiger partial charge in [-0.2, -0.15) is 0 Å². The van der Waals surface area contributed by atoms with E-state index in [-0.39, 0.29) is 17.5 Å². The molecule has 1 aliphatic heterocycles. The number of nitrogens with one attached hydrogen (secondary N) is 1. The van der Waals surface area contributed by atoms with Crippen LogP contribution >= 0.6 is 12.2 Å². The Hall–Kier alpha value is -2.41. The maximum atomic E-state index is 13.1. The maximum absolute atomic E-state index is 13.1. The molecule has 1 aromatic heterocycles. The highest BCUT2D eigenvalue weighted by atomic mass is 32.1. The first-order chi connectivity index (χ1) is 11.8. The fraction of sp³-hybridized carbons (Fsp3) is 0.389. The molecule has 2 aromatic rings.